The quantitative estimate of drug-likeness (QED) is 0.794. The molecule has 0 saturated carbocycles. The van der Waals surface area contributed by atoms with E-state index in [0.29, 0.717) is 38.6 Å². The number of hydrogen-bond donors (Lipinski definition) is 1. The smallest absolute Gasteiger partial charge is 0.228 e. The van der Waals surface area contributed by atoms with Gasteiger partial charge >= 0.3 is 0 Å². The van der Waals surface area contributed by atoms with Crippen LogP contribution in [0.2, 0.25) is 0 Å². The number of carbonyl (C=O) groups excluding carboxylic acids is 2. The highest BCUT2D eigenvalue weighted by Crippen LogP contribution is 2.26. The molecule has 0 aromatic rings. The number of hydrogen-bond acceptors (Lipinski definition) is 4. The molecule has 0 aromatic carbocycles. The van der Waals surface area contributed by atoms with Gasteiger partial charge in [-0.1, -0.05) is 6.92 Å². The number of carbonyl (C=O) groups is 2. The average Bonchev–Trinajstić information content (AvgIpc) is 2.85. The highest BCUT2D eigenvalue weighted by Gasteiger charge is 2.39. The fourth-order valence-corrected chi connectivity index (χ4v) is 3.35. The van der Waals surface area contributed by atoms with Crippen molar-refractivity contribution in [1.82, 2.24) is 9.80 Å². The first kappa shape index (κ1) is 19.2. The molecule has 2 fully saturated rings. The molecular weight excluding hydrogens is 306 g/mol. The molecule has 3 unspecified atom stereocenters. The van der Waals surface area contributed by atoms with E-state index in [1.165, 1.54) is 0 Å². The Morgan fingerprint density at radius 2 is 2.18 bits per heavy atom. The Kier molecular flexibility index (Phi) is 7.59. The van der Waals surface area contributed by atoms with Crippen LogP contribution in [0.25, 0.3) is 0 Å². The van der Waals surface area contributed by atoms with Crippen molar-refractivity contribution in [2.45, 2.75) is 32.2 Å². The molecule has 3 atom stereocenters. The van der Waals surface area contributed by atoms with Crippen LogP contribution in [0.3, 0.4) is 0 Å². The van der Waals surface area contributed by atoms with Crippen molar-refractivity contribution < 1.29 is 14.3 Å². The maximum atomic E-state index is 12.7. The summed E-state index contributed by atoms with van der Waals surface area (Å²) in [5.41, 5.74) is 5.82. The minimum Gasteiger partial charge on any atom is -0.383 e. The summed E-state index contributed by atoms with van der Waals surface area (Å²) in [5, 5.41) is 0. The predicted octanol–water partition coefficient (Wildman–Crippen LogP) is 0.489. The van der Waals surface area contributed by atoms with Crippen molar-refractivity contribution in [2.75, 3.05) is 39.9 Å². The number of amides is 2. The number of nitrogens with two attached hydrogens (primary N) is 1. The summed E-state index contributed by atoms with van der Waals surface area (Å²) in [5.74, 6) is 0.563. The van der Waals surface area contributed by atoms with E-state index >= 15 is 0 Å². The van der Waals surface area contributed by atoms with Crippen molar-refractivity contribution in [3.63, 3.8) is 0 Å². The third-order valence-electron chi connectivity index (χ3n) is 4.66. The Bertz CT molecular complexity index is 394. The summed E-state index contributed by atoms with van der Waals surface area (Å²) in [6.45, 7) is 5.07. The molecule has 2 amide bonds. The second-order valence-corrected chi connectivity index (χ2v) is 6.28. The van der Waals surface area contributed by atoms with Gasteiger partial charge in [0.05, 0.1) is 12.5 Å². The maximum Gasteiger partial charge on any atom is 0.228 e. The fraction of sp³-hybridized carbons (Fsp3) is 0.867. The molecule has 2 saturated heterocycles. The van der Waals surface area contributed by atoms with Crippen LogP contribution in [-0.2, 0) is 14.3 Å². The van der Waals surface area contributed by atoms with Crippen LogP contribution < -0.4 is 5.73 Å². The molecule has 2 aliphatic heterocycles. The lowest BCUT2D eigenvalue weighted by molar-refractivity contribution is -0.139. The molecule has 2 N–H and O–H groups in total. The van der Waals surface area contributed by atoms with Crippen LogP contribution in [-0.4, -0.2) is 67.6 Å². The van der Waals surface area contributed by atoms with E-state index in [1.54, 1.807) is 12.0 Å². The summed E-state index contributed by atoms with van der Waals surface area (Å²) in [6, 6.07) is 0.129. The molecule has 128 valence electrons. The summed E-state index contributed by atoms with van der Waals surface area (Å²) in [6.07, 6.45) is 2.32. The van der Waals surface area contributed by atoms with Crippen molar-refractivity contribution in [3.05, 3.63) is 0 Å². The molecule has 0 aromatic heterocycles. The Morgan fingerprint density at radius 3 is 2.82 bits per heavy atom. The van der Waals surface area contributed by atoms with Gasteiger partial charge in [-0.2, -0.15) is 0 Å². The van der Waals surface area contributed by atoms with E-state index in [1.807, 2.05) is 4.90 Å². The van der Waals surface area contributed by atoms with Gasteiger partial charge in [0.1, 0.15) is 0 Å². The van der Waals surface area contributed by atoms with Gasteiger partial charge in [-0.3, -0.25) is 9.59 Å². The molecule has 2 heterocycles. The van der Waals surface area contributed by atoms with Crippen molar-refractivity contribution >= 4 is 24.2 Å². The number of nitrogens with zero attached hydrogens (tertiary/aromatic N) is 2. The minimum absolute atomic E-state index is 0. The predicted molar refractivity (Wildman–Crippen MR) is 86.8 cm³/mol. The molecule has 6 nitrogen and oxygen atoms in total. The lowest BCUT2D eigenvalue weighted by atomic mass is 9.91. The highest BCUT2D eigenvalue weighted by atomic mass is 35.5. The molecule has 2 rings (SSSR count). The monoisotopic (exact) mass is 333 g/mol. The molecule has 22 heavy (non-hydrogen) atoms. The first-order valence-electron chi connectivity index (χ1n) is 7.84. The van der Waals surface area contributed by atoms with E-state index in [0.717, 1.165) is 19.4 Å². The zero-order chi connectivity index (χ0) is 15.4. The first-order valence-corrected chi connectivity index (χ1v) is 7.84. The highest BCUT2D eigenvalue weighted by molar-refractivity contribution is 5.89. The van der Waals surface area contributed by atoms with Gasteiger partial charge in [-0.25, -0.2) is 0 Å². The van der Waals surface area contributed by atoms with E-state index < -0.39 is 0 Å². The largest absolute Gasteiger partial charge is 0.383 e. The van der Waals surface area contributed by atoms with Crippen molar-refractivity contribution in [3.8, 4) is 0 Å². The second kappa shape index (κ2) is 8.70. The van der Waals surface area contributed by atoms with E-state index in [2.05, 4.69) is 6.92 Å². The molecular formula is C15H28ClN3O3. The lowest BCUT2D eigenvalue weighted by Gasteiger charge is -2.39. The van der Waals surface area contributed by atoms with Gasteiger partial charge in [-0.05, 0) is 18.8 Å². The van der Waals surface area contributed by atoms with Gasteiger partial charge in [0.2, 0.25) is 11.8 Å². The van der Waals surface area contributed by atoms with Crippen LogP contribution in [0.1, 0.15) is 26.2 Å². The number of ether oxygens (including phenoxy) is 1. The Balaban J connectivity index is 0.00000242. The van der Waals surface area contributed by atoms with E-state index in [-0.39, 0.29) is 36.2 Å². The van der Waals surface area contributed by atoms with Crippen LogP contribution in [0, 0.1) is 11.8 Å². The standard InChI is InChI=1S/C15H27N3O3.ClH/c1-11-3-4-18(13(7-11)9-16)15(20)12-8-14(19)17(10-12)5-6-21-2;/h11-13H,3-10,16H2,1-2H3;1H. The first-order chi connectivity index (χ1) is 10.1. The van der Waals surface area contributed by atoms with Gasteiger partial charge in [-0.15, -0.1) is 12.4 Å². The second-order valence-electron chi connectivity index (χ2n) is 6.28. The zero-order valence-electron chi connectivity index (χ0n) is 13.5. The third kappa shape index (κ3) is 4.33. The number of methoxy groups -OCH3 is 1. The van der Waals surface area contributed by atoms with Crippen molar-refractivity contribution in [2.24, 2.45) is 17.6 Å². The van der Waals surface area contributed by atoms with Crippen LogP contribution in [0.5, 0.6) is 0 Å². The number of rotatable bonds is 5. The Hall–Kier alpha value is -0.850. The van der Waals surface area contributed by atoms with E-state index in [9.17, 15) is 9.59 Å². The van der Waals surface area contributed by atoms with Gasteiger partial charge in [0.15, 0.2) is 0 Å². The number of piperidine rings is 1. The molecule has 2 aliphatic rings. The molecule has 0 spiro atoms. The van der Waals surface area contributed by atoms with E-state index in [4.69, 9.17) is 10.5 Å². The summed E-state index contributed by atoms with van der Waals surface area (Å²) >= 11 is 0. The normalized spacial score (nSPS) is 28.7. The number of likely N-dealkylation sites (tertiary alicyclic amines) is 2. The molecule has 0 aliphatic carbocycles. The molecule has 0 radical (unpaired) electrons. The van der Waals surface area contributed by atoms with Gasteiger partial charge in [0.25, 0.3) is 0 Å². The third-order valence-corrected chi connectivity index (χ3v) is 4.66. The summed E-state index contributed by atoms with van der Waals surface area (Å²) in [4.78, 5) is 28.3. The Morgan fingerprint density at radius 1 is 1.45 bits per heavy atom. The topological polar surface area (TPSA) is 75.9 Å². The average molecular weight is 334 g/mol. The summed E-state index contributed by atoms with van der Waals surface area (Å²) < 4.78 is 5.00. The fourth-order valence-electron chi connectivity index (χ4n) is 3.35. The number of halogens is 1. The van der Waals surface area contributed by atoms with Crippen LogP contribution in [0.15, 0.2) is 0 Å². The van der Waals surface area contributed by atoms with Crippen LogP contribution >= 0.6 is 12.4 Å². The SMILES string of the molecule is COCCN1CC(C(=O)N2CCC(C)CC2CN)CC1=O.Cl. The Labute approximate surface area is 138 Å². The minimum atomic E-state index is -0.211. The lowest BCUT2D eigenvalue weighted by Crippen LogP contribution is -2.51. The summed E-state index contributed by atoms with van der Waals surface area (Å²) in [7, 11) is 1.62. The molecule has 0 bridgehead atoms. The maximum absolute atomic E-state index is 12.7. The van der Waals surface area contributed by atoms with Gasteiger partial charge in [0, 0.05) is 45.8 Å². The van der Waals surface area contributed by atoms with Crippen molar-refractivity contribution in [1.29, 1.82) is 0 Å². The zero-order valence-corrected chi connectivity index (χ0v) is 14.3. The van der Waals surface area contributed by atoms with Gasteiger partial charge < -0.3 is 20.3 Å². The molecule has 7 heteroatoms. The van der Waals surface area contributed by atoms with Crippen LogP contribution in [0.4, 0.5) is 0 Å².